The van der Waals surface area contributed by atoms with Gasteiger partial charge >= 0.3 is 72.3 Å². The predicted octanol–water partition coefficient (Wildman–Crippen LogP) is 3.50. The van der Waals surface area contributed by atoms with Gasteiger partial charge in [-0.05, 0) is 19.9 Å². The van der Waals surface area contributed by atoms with Gasteiger partial charge < -0.3 is 0 Å². The second-order valence-corrected chi connectivity index (χ2v) is 4.31. The van der Waals surface area contributed by atoms with Gasteiger partial charge in [-0.1, -0.05) is 6.08 Å². The Kier molecular flexibility index (Phi) is 16.9. The van der Waals surface area contributed by atoms with Crippen molar-refractivity contribution >= 4 is 5.78 Å². The SMILES string of the molecule is CC=CC(C)=O.CCCC[N]([Ni])CCCC. The van der Waals surface area contributed by atoms with Crippen molar-refractivity contribution in [2.45, 2.75) is 53.4 Å². The quantitative estimate of drug-likeness (QED) is 0.521. The second-order valence-electron chi connectivity index (χ2n) is 3.69. The molecular weight excluding hydrogens is 245 g/mol. The van der Waals surface area contributed by atoms with Crippen molar-refractivity contribution in [2.24, 2.45) is 0 Å². The molecule has 0 heterocycles. The molecule has 0 N–H and O–H groups in total. The van der Waals surface area contributed by atoms with E-state index in [-0.39, 0.29) is 5.78 Å². The van der Waals surface area contributed by atoms with Crippen LogP contribution < -0.4 is 0 Å². The molecule has 0 aliphatic rings. The van der Waals surface area contributed by atoms with E-state index in [9.17, 15) is 4.79 Å². The fourth-order valence-corrected chi connectivity index (χ4v) is 1.30. The Bertz CT molecular complexity index is 173. The Morgan fingerprint density at radius 2 is 1.62 bits per heavy atom. The molecule has 0 radical (unpaired) electrons. The van der Waals surface area contributed by atoms with Crippen LogP contribution in [0.25, 0.3) is 0 Å². The predicted molar refractivity (Wildman–Crippen MR) is 66.9 cm³/mol. The van der Waals surface area contributed by atoms with Gasteiger partial charge in [-0.15, -0.1) is 0 Å². The summed E-state index contributed by atoms with van der Waals surface area (Å²) in [5, 5.41) is 0. The van der Waals surface area contributed by atoms with Crippen LogP contribution in [0.4, 0.5) is 0 Å². The molecule has 0 aromatic carbocycles. The van der Waals surface area contributed by atoms with Crippen LogP contribution in [-0.2, 0) is 20.5 Å². The molecule has 0 saturated heterocycles. The number of carbonyl (C=O) groups excluding carboxylic acids is 1. The average Bonchev–Trinajstić information content (AvgIpc) is 2.24. The minimum atomic E-state index is 0.109. The third-order valence-electron chi connectivity index (χ3n) is 1.88. The van der Waals surface area contributed by atoms with Gasteiger partial charge in [0, 0.05) is 0 Å². The Labute approximate surface area is 109 Å². The molecule has 99 valence electrons. The maximum absolute atomic E-state index is 9.96. The van der Waals surface area contributed by atoms with Crippen molar-refractivity contribution in [1.82, 2.24) is 3.98 Å². The van der Waals surface area contributed by atoms with E-state index in [1.54, 1.807) is 6.08 Å². The molecule has 16 heavy (non-hydrogen) atoms. The number of rotatable bonds is 7. The molecule has 0 amide bonds. The van der Waals surface area contributed by atoms with E-state index in [0.29, 0.717) is 0 Å². The van der Waals surface area contributed by atoms with Gasteiger partial charge in [0.05, 0.1) is 0 Å². The van der Waals surface area contributed by atoms with E-state index in [1.807, 2.05) is 10.9 Å². The first-order valence-corrected chi connectivity index (χ1v) is 6.53. The summed E-state index contributed by atoms with van der Waals surface area (Å²) in [7, 11) is 0. The first kappa shape index (κ1) is 18.2. The van der Waals surface area contributed by atoms with Crippen molar-refractivity contribution in [3.05, 3.63) is 12.2 Å². The van der Waals surface area contributed by atoms with Crippen LogP contribution in [-0.4, -0.2) is 22.9 Å². The molecule has 0 bridgehead atoms. The van der Waals surface area contributed by atoms with Gasteiger partial charge in [0.2, 0.25) is 0 Å². The van der Waals surface area contributed by atoms with Crippen molar-refractivity contribution < 1.29 is 20.5 Å². The minimum absolute atomic E-state index is 0.109. The van der Waals surface area contributed by atoms with E-state index in [0.717, 1.165) is 13.1 Å². The van der Waals surface area contributed by atoms with Crippen molar-refractivity contribution in [3.63, 3.8) is 0 Å². The van der Waals surface area contributed by atoms with Crippen LogP contribution in [0.5, 0.6) is 0 Å². The zero-order valence-corrected chi connectivity index (χ0v) is 12.1. The van der Waals surface area contributed by atoms with Gasteiger partial charge in [-0.3, -0.25) is 4.79 Å². The maximum atomic E-state index is 9.96. The summed E-state index contributed by atoms with van der Waals surface area (Å²) >= 11 is 4.81. The second kappa shape index (κ2) is 14.9. The zero-order chi connectivity index (χ0) is 12.8. The third kappa shape index (κ3) is 19.4. The molecule has 0 fully saturated rings. The normalized spacial score (nSPS) is 10.4. The van der Waals surface area contributed by atoms with Gasteiger partial charge in [-0.25, -0.2) is 0 Å². The summed E-state index contributed by atoms with van der Waals surface area (Å²) < 4.78 is 2.05. The number of ketones is 1. The fourth-order valence-electron chi connectivity index (χ4n) is 0.986. The molecule has 0 rings (SSSR count). The number of carbonyl (C=O) groups is 1. The van der Waals surface area contributed by atoms with Crippen LogP contribution in [0.15, 0.2) is 12.2 Å². The monoisotopic (exact) mass is 270 g/mol. The summed E-state index contributed by atoms with van der Waals surface area (Å²) in [6.45, 7) is 9.97. The summed E-state index contributed by atoms with van der Waals surface area (Å²) in [6.07, 6.45) is 8.27. The van der Waals surface area contributed by atoms with Crippen LogP contribution in [0.3, 0.4) is 0 Å². The molecule has 0 aromatic heterocycles. The molecule has 0 aliphatic carbocycles. The van der Waals surface area contributed by atoms with E-state index in [1.165, 1.54) is 38.7 Å². The van der Waals surface area contributed by atoms with Gasteiger partial charge in [-0.2, -0.15) is 0 Å². The van der Waals surface area contributed by atoms with Crippen LogP contribution in [0.2, 0.25) is 0 Å². The third-order valence-corrected chi connectivity index (χ3v) is 2.32. The van der Waals surface area contributed by atoms with Gasteiger partial charge in [0.1, 0.15) is 0 Å². The van der Waals surface area contributed by atoms with E-state index >= 15 is 0 Å². The average molecular weight is 271 g/mol. The van der Waals surface area contributed by atoms with Crippen molar-refractivity contribution in [1.29, 1.82) is 0 Å². The molecule has 2 nitrogen and oxygen atoms in total. The summed E-state index contributed by atoms with van der Waals surface area (Å²) in [5.74, 6) is 0.109. The molecular formula is C13H26NNiO. The first-order valence-electron chi connectivity index (χ1n) is 6.09. The fraction of sp³-hybridized carbons (Fsp3) is 0.769. The summed E-state index contributed by atoms with van der Waals surface area (Å²) in [6, 6.07) is 0. The molecule has 0 atom stereocenters. The Morgan fingerprint density at radius 3 is 1.81 bits per heavy atom. The topological polar surface area (TPSA) is 20.3 Å². The Hall–Kier alpha value is -0.136. The Balaban J connectivity index is 0. The number of hydrogen-bond acceptors (Lipinski definition) is 2. The van der Waals surface area contributed by atoms with E-state index in [4.69, 9.17) is 15.7 Å². The Morgan fingerprint density at radius 1 is 1.19 bits per heavy atom. The van der Waals surface area contributed by atoms with Crippen LogP contribution >= 0.6 is 0 Å². The van der Waals surface area contributed by atoms with Crippen molar-refractivity contribution in [2.75, 3.05) is 13.1 Å². The molecule has 0 spiro atoms. The van der Waals surface area contributed by atoms with Crippen molar-refractivity contribution in [3.8, 4) is 0 Å². The number of hydrogen-bond donors (Lipinski definition) is 0. The summed E-state index contributed by atoms with van der Waals surface area (Å²) in [4.78, 5) is 9.96. The molecule has 0 aliphatic heterocycles. The first-order chi connectivity index (χ1) is 7.58. The molecule has 3 heteroatoms. The summed E-state index contributed by atoms with van der Waals surface area (Å²) in [5.41, 5.74) is 0. The van der Waals surface area contributed by atoms with Gasteiger partial charge in [0.25, 0.3) is 0 Å². The number of nitrogens with zero attached hydrogens (tertiary/aromatic N) is 1. The molecule has 0 aromatic rings. The number of allylic oxidation sites excluding steroid dienone is 2. The van der Waals surface area contributed by atoms with E-state index < -0.39 is 0 Å². The van der Waals surface area contributed by atoms with E-state index in [2.05, 4.69) is 13.8 Å². The molecule has 0 unspecified atom stereocenters. The number of unbranched alkanes of at least 4 members (excludes halogenated alkanes) is 2. The van der Waals surface area contributed by atoms with Crippen LogP contribution in [0.1, 0.15) is 53.4 Å². The zero-order valence-electron chi connectivity index (χ0n) is 11.1. The van der Waals surface area contributed by atoms with Gasteiger partial charge in [0.15, 0.2) is 5.78 Å². The molecule has 0 saturated carbocycles. The van der Waals surface area contributed by atoms with Crippen LogP contribution in [0, 0.1) is 0 Å². The standard InChI is InChI=1S/C8H18N.C5H8O.Ni/c1-3-5-7-9-8-6-4-2;1-3-4-5(2)6;/h3-8H2,1-2H3;3-4H,1-2H3;/q-1;;+1.